The number of rotatable bonds is 4. The fraction of sp³-hybridized carbons (Fsp3) is 0.400. The third kappa shape index (κ3) is 4.06. The fourth-order valence-electron chi connectivity index (χ4n) is 1.43. The van der Waals surface area contributed by atoms with E-state index in [4.69, 9.17) is 5.73 Å². The summed E-state index contributed by atoms with van der Waals surface area (Å²) < 4.78 is 34.8. The zero-order valence-corrected chi connectivity index (χ0v) is 10.0. The van der Waals surface area contributed by atoms with E-state index in [0.29, 0.717) is 5.69 Å². The molecular formula is C10H15FN2O2S. The lowest BCUT2D eigenvalue weighted by Crippen LogP contribution is -2.25. The Morgan fingerprint density at radius 1 is 1.50 bits per heavy atom. The maximum absolute atomic E-state index is 12.8. The molecule has 90 valence electrons. The molecule has 0 saturated carbocycles. The molecule has 0 heterocycles. The second kappa shape index (κ2) is 4.69. The van der Waals surface area contributed by atoms with Crippen LogP contribution in [0.5, 0.6) is 0 Å². The van der Waals surface area contributed by atoms with Gasteiger partial charge in [0.2, 0.25) is 0 Å². The van der Waals surface area contributed by atoms with Gasteiger partial charge in [0, 0.05) is 12.3 Å². The number of anilines is 2. The fourth-order valence-corrected chi connectivity index (χ4v) is 2.42. The van der Waals surface area contributed by atoms with Gasteiger partial charge in [-0.2, -0.15) is 0 Å². The van der Waals surface area contributed by atoms with Gasteiger partial charge in [-0.15, -0.1) is 0 Å². The number of sulfone groups is 1. The summed E-state index contributed by atoms with van der Waals surface area (Å²) in [7, 11) is -3.04. The maximum Gasteiger partial charge on any atom is 0.149 e. The van der Waals surface area contributed by atoms with Gasteiger partial charge in [0.25, 0.3) is 0 Å². The van der Waals surface area contributed by atoms with Crippen LogP contribution in [0.4, 0.5) is 15.8 Å². The van der Waals surface area contributed by atoms with Gasteiger partial charge < -0.3 is 11.1 Å². The van der Waals surface area contributed by atoms with Crippen molar-refractivity contribution in [1.29, 1.82) is 0 Å². The van der Waals surface area contributed by atoms with E-state index >= 15 is 0 Å². The monoisotopic (exact) mass is 246 g/mol. The van der Waals surface area contributed by atoms with Gasteiger partial charge in [-0.3, -0.25) is 0 Å². The molecule has 0 spiro atoms. The number of hydrogen-bond donors (Lipinski definition) is 2. The molecule has 0 bridgehead atoms. The van der Waals surface area contributed by atoms with Crippen molar-refractivity contribution >= 4 is 21.2 Å². The highest BCUT2D eigenvalue weighted by atomic mass is 32.2. The lowest BCUT2D eigenvalue weighted by Gasteiger charge is -2.15. The lowest BCUT2D eigenvalue weighted by atomic mass is 10.2. The largest absolute Gasteiger partial charge is 0.397 e. The van der Waals surface area contributed by atoms with Crippen LogP contribution >= 0.6 is 0 Å². The molecule has 16 heavy (non-hydrogen) atoms. The van der Waals surface area contributed by atoms with Crippen molar-refractivity contribution in [2.24, 2.45) is 0 Å². The van der Waals surface area contributed by atoms with Gasteiger partial charge in [0.15, 0.2) is 0 Å². The second-order valence-electron chi connectivity index (χ2n) is 3.87. The first-order valence-corrected chi connectivity index (χ1v) is 6.83. The maximum atomic E-state index is 12.8. The highest BCUT2D eigenvalue weighted by Gasteiger charge is 2.11. The Labute approximate surface area is 94.6 Å². The predicted molar refractivity (Wildman–Crippen MR) is 63.6 cm³/mol. The Hall–Kier alpha value is -1.30. The minimum absolute atomic E-state index is 0.00379. The van der Waals surface area contributed by atoms with Crippen molar-refractivity contribution in [1.82, 2.24) is 0 Å². The van der Waals surface area contributed by atoms with Crippen LogP contribution in [0.1, 0.15) is 6.92 Å². The van der Waals surface area contributed by atoms with E-state index in [1.54, 1.807) is 6.92 Å². The molecule has 0 amide bonds. The van der Waals surface area contributed by atoms with Gasteiger partial charge in [-0.05, 0) is 25.1 Å². The molecule has 0 aliphatic rings. The van der Waals surface area contributed by atoms with Crippen molar-refractivity contribution in [3.05, 3.63) is 24.0 Å². The smallest absolute Gasteiger partial charge is 0.149 e. The molecule has 1 aromatic rings. The van der Waals surface area contributed by atoms with Gasteiger partial charge in [0.1, 0.15) is 15.7 Å². The number of hydrogen-bond acceptors (Lipinski definition) is 4. The number of benzene rings is 1. The second-order valence-corrected chi connectivity index (χ2v) is 6.05. The first-order chi connectivity index (χ1) is 7.28. The highest BCUT2D eigenvalue weighted by Crippen LogP contribution is 2.20. The average Bonchev–Trinajstić information content (AvgIpc) is 2.06. The van der Waals surface area contributed by atoms with Crippen LogP contribution in [0.25, 0.3) is 0 Å². The van der Waals surface area contributed by atoms with Crippen molar-refractivity contribution in [2.75, 3.05) is 23.1 Å². The zero-order chi connectivity index (χ0) is 12.3. The summed E-state index contributed by atoms with van der Waals surface area (Å²) >= 11 is 0. The quantitative estimate of drug-likeness (QED) is 0.784. The standard InChI is InChI=1S/C10H15FN2O2S/c1-7(6-16(2,14)15)13-10-4-3-8(11)5-9(10)12/h3-5,7,13H,6,12H2,1-2H3. The molecule has 6 heteroatoms. The normalized spacial score (nSPS) is 13.4. The minimum atomic E-state index is -3.04. The van der Waals surface area contributed by atoms with Gasteiger partial charge in [-0.1, -0.05) is 0 Å². The van der Waals surface area contributed by atoms with Crippen molar-refractivity contribution < 1.29 is 12.8 Å². The Bertz CT molecular complexity index is 474. The van der Waals surface area contributed by atoms with Crippen LogP contribution in [0.15, 0.2) is 18.2 Å². The van der Waals surface area contributed by atoms with Crippen LogP contribution < -0.4 is 11.1 Å². The van der Waals surface area contributed by atoms with Crippen LogP contribution in [0.2, 0.25) is 0 Å². The van der Waals surface area contributed by atoms with Gasteiger partial charge >= 0.3 is 0 Å². The predicted octanol–water partition coefficient (Wildman–Crippen LogP) is 1.25. The van der Waals surface area contributed by atoms with Crippen LogP contribution in [0.3, 0.4) is 0 Å². The average molecular weight is 246 g/mol. The molecule has 0 radical (unpaired) electrons. The van der Waals surface area contributed by atoms with E-state index in [1.807, 2.05) is 0 Å². The molecule has 0 aromatic heterocycles. The Kier molecular flexibility index (Phi) is 3.74. The third-order valence-electron chi connectivity index (χ3n) is 1.97. The summed E-state index contributed by atoms with van der Waals surface area (Å²) in [6.07, 6.45) is 1.17. The number of nitrogens with two attached hydrogens (primary N) is 1. The van der Waals surface area contributed by atoms with Crippen molar-refractivity contribution in [3.8, 4) is 0 Å². The van der Waals surface area contributed by atoms with Crippen LogP contribution in [-0.2, 0) is 9.84 Å². The van der Waals surface area contributed by atoms with Gasteiger partial charge in [0.05, 0.1) is 17.1 Å². The van der Waals surface area contributed by atoms with Crippen molar-refractivity contribution in [3.63, 3.8) is 0 Å². The molecule has 0 saturated heterocycles. The Morgan fingerprint density at radius 3 is 2.62 bits per heavy atom. The summed E-state index contributed by atoms with van der Waals surface area (Å²) in [5, 5.41) is 2.92. The van der Waals surface area contributed by atoms with Crippen molar-refractivity contribution in [2.45, 2.75) is 13.0 Å². The number of halogens is 1. The zero-order valence-electron chi connectivity index (χ0n) is 9.20. The molecule has 0 fully saturated rings. The summed E-state index contributed by atoms with van der Waals surface area (Å²) in [6.45, 7) is 1.73. The Balaban J connectivity index is 2.73. The first kappa shape index (κ1) is 12.8. The van der Waals surface area contributed by atoms with E-state index in [-0.39, 0.29) is 17.5 Å². The summed E-state index contributed by atoms with van der Waals surface area (Å²) in [6, 6.07) is 3.67. The topological polar surface area (TPSA) is 72.2 Å². The first-order valence-electron chi connectivity index (χ1n) is 4.77. The molecule has 0 aliphatic heterocycles. The van der Waals surface area contributed by atoms with E-state index in [2.05, 4.69) is 5.32 Å². The van der Waals surface area contributed by atoms with Gasteiger partial charge in [-0.25, -0.2) is 12.8 Å². The summed E-state index contributed by atoms with van der Waals surface area (Å²) in [4.78, 5) is 0. The molecular weight excluding hydrogens is 231 g/mol. The number of nitrogens with one attached hydrogen (secondary N) is 1. The minimum Gasteiger partial charge on any atom is -0.397 e. The third-order valence-corrected chi connectivity index (χ3v) is 3.07. The summed E-state index contributed by atoms with van der Waals surface area (Å²) in [5.74, 6) is -0.414. The highest BCUT2D eigenvalue weighted by molar-refractivity contribution is 7.90. The SMILES string of the molecule is CC(CS(C)(=O)=O)Nc1ccc(F)cc1N. The molecule has 4 nitrogen and oxygen atoms in total. The molecule has 1 unspecified atom stereocenters. The van der Waals surface area contributed by atoms with E-state index in [0.717, 1.165) is 0 Å². The van der Waals surface area contributed by atoms with E-state index < -0.39 is 15.7 Å². The lowest BCUT2D eigenvalue weighted by molar-refractivity contribution is 0.598. The number of nitrogen functional groups attached to an aromatic ring is 1. The van der Waals surface area contributed by atoms with E-state index in [1.165, 1.54) is 24.5 Å². The molecule has 3 N–H and O–H groups in total. The van der Waals surface area contributed by atoms with Crippen LogP contribution in [0, 0.1) is 5.82 Å². The molecule has 1 atom stereocenters. The summed E-state index contributed by atoms with van der Waals surface area (Å²) in [5.41, 5.74) is 6.39. The van der Waals surface area contributed by atoms with Crippen LogP contribution in [-0.4, -0.2) is 26.5 Å². The Morgan fingerprint density at radius 2 is 2.12 bits per heavy atom. The molecule has 1 aromatic carbocycles. The van der Waals surface area contributed by atoms with E-state index in [9.17, 15) is 12.8 Å². The molecule has 0 aliphatic carbocycles. The molecule has 1 rings (SSSR count).